The Morgan fingerprint density at radius 1 is 1.33 bits per heavy atom. The van der Waals surface area contributed by atoms with Gasteiger partial charge in [-0.3, -0.25) is 4.79 Å². The van der Waals surface area contributed by atoms with Crippen LogP contribution >= 0.6 is 0 Å². The third kappa shape index (κ3) is 3.36. The highest BCUT2D eigenvalue weighted by molar-refractivity contribution is 7.89. The fraction of sp³-hybridized carbons (Fsp3) is 0.500. The number of sulfonamides is 1. The molecule has 0 atom stereocenters. The van der Waals surface area contributed by atoms with Crippen LogP contribution in [0.5, 0.6) is 5.75 Å². The molecule has 0 radical (unpaired) electrons. The molecule has 1 amide bonds. The van der Waals surface area contributed by atoms with Gasteiger partial charge in [0, 0.05) is 19.5 Å². The second-order valence-electron chi connectivity index (χ2n) is 4.88. The molecule has 0 unspecified atom stereocenters. The van der Waals surface area contributed by atoms with Gasteiger partial charge >= 0.3 is 0 Å². The van der Waals surface area contributed by atoms with Crippen LogP contribution in [0.4, 0.5) is 5.69 Å². The van der Waals surface area contributed by atoms with E-state index < -0.39 is 10.0 Å². The predicted molar refractivity (Wildman–Crippen MR) is 79.9 cm³/mol. The zero-order valence-electron chi connectivity index (χ0n) is 12.3. The molecule has 0 bridgehead atoms. The Hall–Kier alpha value is -1.60. The molecule has 1 aliphatic heterocycles. The van der Waals surface area contributed by atoms with Gasteiger partial charge in [-0.05, 0) is 31.0 Å². The second kappa shape index (κ2) is 6.44. The lowest BCUT2D eigenvalue weighted by atomic mass is 10.3. The first kappa shape index (κ1) is 15.8. The molecule has 1 N–H and O–H groups in total. The van der Waals surface area contributed by atoms with Gasteiger partial charge in [0.15, 0.2) is 0 Å². The van der Waals surface area contributed by atoms with Gasteiger partial charge in [-0.15, -0.1) is 0 Å². The highest BCUT2D eigenvalue weighted by atomic mass is 32.2. The van der Waals surface area contributed by atoms with Gasteiger partial charge in [0.25, 0.3) is 0 Å². The maximum Gasteiger partial charge on any atom is 0.243 e. The molecule has 1 aromatic carbocycles. The number of nitrogens with zero attached hydrogens (tertiary/aromatic N) is 1. The molecule has 0 aromatic heterocycles. The third-order valence-electron chi connectivity index (χ3n) is 3.47. The van der Waals surface area contributed by atoms with Crippen LogP contribution in [-0.4, -0.2) is 38.8 Å². The van der Waals surface area contributed by atoms with Crippen molar-refractivity contribution in [2.45, 2.75) is 31.1 Å². The van der Waals surface area contributed by atoms with Crippen LogP contribution in [0.1, 0.15) is 26.2 Å². The normalized spacial score (nSPS) is 15.9. The highest BCUT2D eigenvalue weighted by Crippen LogP contribution is 2.30. The fourth-order valence-electron chi connectivity index (χ4n) is 2.26. The van der Waals surface area contributed by atoms with Crippen LogP contribution in [0.15, 0.2) is 23.1 Å². The first-order chi connectivity index (χ1) is 9.98. The Balaban J connectivity index is 2.36. The van der Waals surface area contributed by atoms with E-state index in [2.05, 4.69) is 5.32 Å². The number of hydrogen-bond acceptors (Lipinski definition) is 4. The summed E-state index contributed by atoms with van der Waals surface area (Å²) in [6, 6.07) is 4.53. The molecule has 0 spiro atoms. The standard InChI is InChI=1S/C14H20N2O4S/c1-3-14(17)15-12-10-11(6-7-13(12)20-2)21(18,19)16-8-4-5-9-16/h6-7,10H,3-5,8-9H2,1-2H3,(H,15,17). The lowest BCUT2D eigenvalue weighted by molar-refractivity contribution is -0.115. The van der Waals surface area contributed by atoms with E-state index >= 15 is 0 Å². The monoisotopic (exact) mass is 312 g/mol. The number of carbonyl (C=O) groups is 1. The van der Waals surface area contributed by atoms with Gasteiger partial charge in [0.2, 0.25) is 15.9 Å². The molecule has 1 aliphatic rings. The lowest BCUT2D eigenvalue weighted by Gasteiger charge is -2.17. The molecule has 116 valence electrons. The summed E-state index contributed by atoms with van der Waals surface area (Å²) in [6.45, 7) is 2.82. The second-order valence-corrected chi connectivity index (χ2v) is 6.81. The van der Waals surface area contributed by atoms with E-state index in [0.717, 1.165) is 12.8 Å². The number of carbonyl (C=O) groups excluding carboxylic acids is 1. The lowest BCUT2D eigenvalue weighted by Crippen LogP contribution is -2.28. The summed E-state index contributed by atoms with van der Waals surface area (Å²) in [6.07, 6.45) is 2.08. The average molecular weight is 312 g/mol. The molecule has 0 saturated carbocycles. The Bertz CT molecular complexity index is 622. The Labute approximate surface area is 125 Å². The summed E-state index contributed by atoms with van der Waals surface area (Å²) in [5, 5.41) is 2.67. The van der Waals surface area contributed by atoms with E-state index in [1.54, 1.807) is 13.0 Å². The largest absolute Gasteiger partial charge is 0.495 e. The predicted octanol–water partition coefficient (Wildman–Crippen LogP) is 1.83. The van der Waals surface area contributed by atoms with E-state index in [-0.39, 0.29) is 10.8 Å². The molecule has 1 aromatic rings. The van der Waals surface area contributed by atoms with Crippen molar-refractivity contribution in [2.24, 2.45) is 0 Å². The number of hydrogen-bond donors (Lipinski definition) is 1. The van der Waals surface area contributed by atoms with E-state index in [9.17, 15) is 13.2 Å². The Kier molecular flexibility index (Phi) is 4.84. The number of ether oxygens (including phenoxy) is 1. The van der Waals surface area contributed by atoms with E-state index in [1.807, 2.05) is 0 Å². The summed E-state index contributed by atoms with van der Waals surface area (Å²) in [4.78, 5) is 11.7. The first-order valence-electron chi connectivity index (χ1n) is 6.97. The number of nitrogens with one attached hydrogen (secondary N) is 1. The highest BCUT2D eigenvalue weighted by Gasteiger charge is 2.27. The summed E-state index contributed by atoms with van der Waals surface area (Å²) in [5.74, 6) is 0.251. The first-order valence-corrected chi connectivity index (χ1v) is 8.41. The zero-order chi connectivity index (χ0) is 15.5. The minimum absolute atomic E-state index is 0.177. The topological polar surface area (TPSA) is 75.7 Å². The third-order valence-corrected chi connectivity index (χ3v) is 5.36. The SMILES string of the molecule is CCC(=O)Nc1cc(S(=O)(=O)N2CCCC2)ccc1OC. The van der Waals surface area contributed by atoms with E-state index in [1.165, 1.54) is 23.5 Å². The fourth-order valence-corrected chi connectivity index (χ4v) is 3.81. The molecule has 0 aliphatic carbocycles. The van der Waals surface area contributed by atoms with Crippen molar-refractivity contribution in [3.05, 3.63) is 18.2 Å². The van der Waals surface area contributed by atoms with Crippen molar-refractivity contribution in [3.63, 3.8) is 0 Å². The molecule has 6 nitrogen and oxygen atoms in total. The molecule has 7 heteroatoms. The van der Waals surface area contributed by atoms with Crippen molar-refractivity contribution in [2.75, 3.05) is 25.5 Å². The van der Waals surface area contributed by atoms with Crippen LogP contribution < -0.4 is 10.1 Å². The van der Waals surface area contributed by atoms with Crippen molar-refractivity contribution in [1.82, 2.24) is 4.31 Å². The van der Waals surface area contributed by atoms with Crippen LogP contribution in [0.2, 0.25) is 0 Å². The molecular weight excluding hydrogens is 292 g/mol. The number of benzene rings is 1. The quantitative estimate of drug-likeness (QED) is 0.900. The smallest absolute Gasteiger partial charge is 0.243 e. The minimum atomic E-state index is -3.50. The van der Waals surface area contributed by atoms with Crippen LogP contribution in [0, 0.1) is 0 Å². The van der Waals surface area contributed by atoms with Crippen molar-refractivity contribution in [1.29, 1.82) is 0 Å². The van der Waals surface area contributed by atoms with Crippen LogP contribution in [0.25, 0.3) is 0 Å². The van der Waals surface area contributed by atoms with E-state index in [0.29, 0.717) is 30.9 Å². The van der Waals surface area contributed by atoms with Crippen molar-refractivity contribution >= 4 is 21.6 Å². The maximum atomic E-state index is 12.5. The number of rotatable bonds is 5. The number of amides is 1. The summed E-state index contributed by atoms with van der Waals surface area (Å²) in [7, 11) is -2.02. The van der Waals surface area contributed by atoms with Gasteiger partial charge in [0.1, 0.15) is 5.75 Å². The van der Waals surface area contributed by atoms with Crippen molar-refractivity contribution < 1.29 is 17.9 Å². The van der Waals surface area contributed by atoms with Gasteiger partial charge in [0.05, 0.1) is 17.7 Å². The minimum Gasteiger partial charge on any atom is -0.495 e. The van der Waals surface area contributed by atoms with Crippen LogP contribution in [0.3, 0.4) is 0 Å². The maximum absolute atomic E-state index is 12.5. The molecule has 2 rings (SSSR count). The molecule has 1 saturated heterocycles. The van der Waals surface area contributed by atoms with E-state index in [4.69, 9.17) is 4.74 Å². The summed E-state index contributed by atoms with van der Waals surface area (Å²) >= 11 is 0. The summed E-state index contributed by atoms with van der Waals surface area (Å²) < 4.78 is 31.7. The average Bonchev–Trinajstić information content (AvgIpc) is 3.02. The zero-order valence-corrected chi connectivity index (χ0v) is 13.1. The summed E-state index contributed by atoms with van der Waals surface area (Å²) in [5.41, 5.74) is 0.379. The molecular formula is C14H20N2O4S. The van der Waals surface area contributed by atoms with Gasteiger partial charge in [-0.1, -0.05) is 6.92 Å². The molecule has 21 heavy (non-hydrogen) atoms. The van der Waals surface area contributed by atoms with Crippen LogP contribution in [-0.2, 0) is 14.8 Å². The van der Waals surface area contributed by atoms with Gasteiger partial charge < -0.3 is 10.1 Å². The molecule has 1 heterocycles. The van der Waals surface area contributed by atoms with Crippen molar-refractivity contribution in [3.8, 4) is 5.75 Å². The van der Waals surface area contributed by atoms with Gasteiger partial charge in [-0.25, -0.2) is 8.42 Å². The number of methoxy groups -OCH3 is 1. The molecule has 1 fully saturated rings. The number of anilines is 1. The van der Waals surface area contributed by atoms with Gasteiger partial charge in [-0.2, -0.15) is 4.31 Å². The Morgan fingerprint density at radius 3 is 2.57 bits per heavy atom. The Morgan fingerprint density at radius 2 is 2.00 bits per heavy atom.